The van der Waals surface area contributed by atoms with Gasteiger partial charge in [0.05, 0.1) is 22.0 Å². The Hall–Kier alpha value is 0.660. The van der Waals surface area contributed by atoms with E-state index in [1.165, 1.54) is 0 Å². The molecule has 22 heavy (non-hydrogen) atoms. The highest BCUT2D eigenvalue weighted by Gasteiger charge is 2.84. The first-order valence-electron chi connectivity index (χ1n) is 6.75. The molecular formula is C14H8Br4O4. The lowest BCUT2D eigenvalue weighted by Crippen LogP contribution is -2.74. The summed E-state index contributed by atoms with van der Waals surface area (Å²) in [6.07, 6.45) is 3.69. The molecule has 2 saturated heterocycles. The van der Waals surface area contributed by atoms with Gasteiger partial charge in [-0.15, -0.1) is 0 Å². The normalized spacial score (nSPS) is 57.8. The lowest BCUT2D eigenvalue weighted by atomic mass is 9.51. The van der Waals surface area contributed by atoms with Crippen molar-refractivity contribution < 1.29 is 19.1 Å². The van der Waals surface area contributed by atoms with Gasteiger partial charge < -0.3 is 9.47 Å². The van der Waals surface area contributed by atoms with E-state index in [9.17, 15) is 9.59 Å². The molecule has 0 aromatic carbocycles. The van der Waals surface area contributed by atoms with Crippen LogP contribution in [0.5, 0.6) is 0 Å². The van der Waals surface area contributed by atoms with E-state index in [4.69, 9.17) is 9.47 Å². The molecule has 4 aliphatic carbocycles. The first-order chi connectivity index (χ1) is 10.2. The molecule has 4 nitrogen and oxygen atoms in total. The van der Waals surface area contributed by atoms with E-state index >= 15 is 0 Å². The summed E-state index contributed by atoms with van der Waals surface area (Å²) in [5.41, 5.74) is -1.72. The number of ether oxygens (including phenoxy) is 2. The Morgan fingerprint density at radius 1 is 1.05 bits per heavy atom. The molecule has 0 aromatic rings. The molecule has 1 saturated carbocycles. The third-order valence-electron chi connectivity index (χ3n) is 5.55. The highest BCUT2D eigenvalue weighted by atomic mass is 79.9. The number of allylic oxidation sites excluding steroid dienone is 2. The average Bonchev–Trinajstić information content (AvgIpc) is 3.32. The van der Waals surface area contributed by atoms with Crippen LogP contribution in [0.2, 0.25) is 0 Å². The Morgan fingerprint density at radius 2 is 1.64 bits per heavy atom. The molecule has 6 atom stereocenters. The van der Waals surface area contributed by atoms with Gasteiger partial charge in [0.2, 0.25) is 5.78 Å². The molecule has 0 radical (unpaired) electrons. The standard InChI is InChI=1S/C14H8Br4O4/c15-5-1-14(18)10(20)11(3-21-11)7(5)8-12(4-22-12)9(19)6(16)2-13(8,14)17/h1-2,7-8H,3-4H2/t7?,8-,11+,12+,13-,14?/m1/s1. The molecule has 2 heterocycles. The number of alkyl halides is 2. The van der Waals surface area contributed by atoms with Crippen LogP contribution in [0, 0.1) is 11.8 Å². The third-order valence-corrected chi connectivity index (χ3v) is 9.98. The minimum atomic E-state index is -0.979. The summed E-state index contributed by atoms with van der Waals surface area (Å²) < 4.78 is 10.9. The van der Waals surface area contributed by atoms with Crippen molar-refractivity contribution >= 4 is 75.3 Å². The maximum absolute atomic E-state index is 13.1. The monoisotopic (exact) mass is 556 g/mol. The summed E-state index contributed by atoms with van der Waals surface area (Å²) in [4.78, 5) is 25.8. The zero-order chi connectivity index (χ0) is 15.7. The second-order valence-electron chi connectivity index (χ2n) is 6.47. The summed E-state index contributed by atoms with van der Waals surface area (Å²) in [5, 5.41) is 0. The van der Waals surface area contributed by atoms with Gasteiger partial charge in [-0.3, -0.25) is 9.59 Å². The number of halogens is 4. The molecule has 0 aromatic heterocycles. The van der Waals surface area contributed by atoms with Gasteiger partial charge in [-0.2, -0.15) is 0 Å². The smallest absolute Gasteiger partial charge is 0.204 e. The largest absolute Gasteiger partial charge is 0.360 e. The number of ketones is 2. The summed E-state index contributed by atoms with van der Waals surface area (Å²) >= 11 is 14.4. The Balaban J connectivity index is 1.85. The number of hydrogen-bond acceptors (Lipinski definition) is 4. The molecule has 0 N–H and O–H groups in total. The molecular weight excluding hydrogens is 552 g/mol. The van der Waals surface area contributed by atoms with Gasteiger partial charge in [-0.25, -0.2) is 0 Å². The third kappa shape index (κ3) is 1.32. The van der Waals surface area contributed by atoms with Crippen LogP contribution in [0.25, 0.3) is 0 Å². The fraction of sp³-hybridized carbons (Fsp3) is 0.571. The zero-order valence-corrected chi connectivity index (χ0v) is 17.2. The minimum absolute atomic E-state index is 0.00280. The van der Waals surface area contributed by atoms with E-state index < -0.39 is 19.9 Å². The zero-order valence-electron chi connectivity index (χ0n) is 10.9. The molecule has 116 valence electrons. The van der Waals surface area contributed by atoms with Crippen LogP contribution in [0.4, 0.5) is 0 Å². The van der Waals surface area contributed by atoms with Crippen LogP contribution in [0.3, 0.4) is 0 Å². The fourth-order valence-electron chi connectivity index (χ4n) is 4.37. The van der Waals surface area contributed by atoms with Gasteiger partial charge in [0.1, 0.15) is 4.32 Å². The highest BCUT2D eigenvalue weighted by Crippen LogP contribution is 2.72. The molecule has 2 unspecified atom stereocenters. The number of carbonyl (C=O) groups excluding carboxylic acids is 2. The Labute approximate surface area is 159 Å². The molecule has 0 amide bonds. The van der Waals surface area contributed by atoms with Crippen molar-refractivity contribution in [3.05, 3.63) is 21.1 Å². The first-order valence-corrected chi connectivity index (χ1v) is 9.92. The molecule has 2 bridgehead atoms. The number of rotatable bonds is 0. The van der Waals surface area contributed by atoms with Crippen LogP contribution in [-0.4, -0.2) is 44.6 Å². The fourth-order valence-corrected chi connectivity index (χ4v) is 8.76. The SMILES string of the molecule is O=C1C2(Br)C=C(Br)C([C@H]3[C@]2(Br)C=C(Br)C(=O)[C@]32CO2)[C@@]12CO2. The Kier molecular flexibility index (Phi) is 2.65. The van der Waals surface area contributed by atoms with E-state index in [1.54, 1.807) is 6.08 Å². The summed E-state index contributed by atoms with van der Waals surface area (Å²) in [6.45, 7) is 0.762. The number of epoxide rings is 2. The highest BCUT2D eigenvalue weighted by molar-refractivity contribution is 9.13. The van der Waals surface area contributed by atoms with Gasteiger partial charge in [-0.05, 0) is 32.6 Å². The van der Waals surface area contributed by atoms with E-state index in [2.05, 4.69) is 63.7 Å². The lowest BCUT2D eigenvalue weighted by Gasteiger charge is -2.59. The molecule has 8 heteroatoms. The molecule has 6 rings (SSSR count). The van der Waals surface area contributed by atoms with Crippen molar-refractivity contribution in [1.29, 1.82) is 0 Å². The predicted molar refractivity (Wildman–Crippen MR) is 91.7 cm³/mol. The Morgan fingerprint density at radius 3 is 2.18 bits per heavy atom. The molecule has 2 spiro atoms. The van der Waals surface area contributed by atoms with Crippen molar-refractivity contribution in [1.82, 2.24) is 0 Å². The van der Waals surface area contributed by atoms with Crippen LogP contribution in [0.1, 0.15) is 0 Å². The van der Waals surface area contributed by atoms with Gasteiger partial charge in [0.25, 0.3) is 0 Å². The van der Waals surface area contributed by atoms with Gasteiger partial charge in [-0.1, -0.05) is 47.8 Å². The van der Waals surface area contributed by atoms with Crippen molar-refractivity contribution in [3.8, 4) is 0 Å². The van der Waals surface area contributed by atoms with Crippen LogP contribution >= 0.6 is 63.7 Å². The summed E-state index contributed by atoms with van der Waals surface area (Å²) in [5.74, 6) is -0.488. The van der Waals surface area contributed by atoms with Crippen molar-refractivity contribution in [2.24, 2.45) is 11.8 Å². The van der Waals surface area contributed by atoms with E-state index in [-0.39, 0.29) is 23.4 Å². The first kappa shape index (κ1) is 15.0. The maximum Gasteiger partial charge on any atom is 0.204 e. The van der Waals surface area contributed by atoms with E-state index in [0.717, 1.165) is 4.48 Å². The topological polar surface area (TPSA) is 59.2 Å². The number of hydrogen-bond donors (Lipinski definition) is 0. The van der Waals surface area contributed by atoms with Gasteiger partial charge in [0.15, 0.2) is 17.0 Å². The quantitative estimate of drug-likeness (QED) is 0.338. The van der Waals surface area contributed by atoms with Crippen LogP contribution in [0.15, 0.2) is 21.1 Å². The minimum Gasteiger partial charge on any atom is -0.360 e. The predicted octanol–water partition coefficient (Wildman–Crippen LogP) is 2.76. The van der Waals surface area contributed by atoms with Crippen LogP contribution < -0.4 is 0 Å². The Bertz CT molecular complexity index is 735. The van der Waals surface area contributed by atoms with Crippen LogP contribution in [-0.2, 0) is 19.1 Å². The molecule has 6 aliphatic rings. The summed E-state index contributed by atoms with van der Waals surface area (Å²) in [7, 11) is 0. The van der Waals surface area contributed by atoms with E-state index in [0.29, 0.717) is 17.7 Å². The van der Waals surface area contributed by atoms with Crippen molar-refractivity contribution in [3.63, 3.8) is 0 Å². The second-order valence-corrected chi connectivity index (χ2v) is 10.8. The lowest BCUT2D eigenvalue weighted by molar-refractivity contribution is -0.138. The average molecular weight is 560 g/mol. The van der Waals surface area contributed by atoms with E-state index in [1.807, 2.05) is 6.08 Å². The molecule has 3 fully saturated rings. The molecule has 2 aliphatic heterocycles. The van der Waals surface area contributed by atoms with Gasteiger partial charge >= 0.3 is 0 Å². The second kappa shape index (κ2) is 3.90. The maximum atomic E-state index is 13.1. The van der Waals surface area contributed by atoms with Crippen molar-refractivity contribution in [2.45, 2.75) is 19.9 Å². The number of carbonyl (C=O) groups is 2. The summed E-state index contributed by atoms with van der Waals surface area (Å²) in [6, 6.07) is 0. The van der Waals surface area contributed by atoms with Crippen molar-refractivity contribution in [2.75, 3.05) is 13.2 Å². The number of Topliss-reactive ketones (excluding diaryl/α,β-unsaturated/α-hetero) is 2. The van der Waals surface area contributed by atoms with Gasteiger partial charge in [0, 0.05) is 11.8 Å².